The lowest BCUT2D eigenvalue weighted by atomic mass is 9.95. The van der Waals surface area contributed by atoms with Gasteiger partial charge in [-0.05, 0) is 38.8 Å². The Morgan fingerprint density at radius 2 is 1.08 bits per heavy atom. The summed E-state index contributed by atoms with van der Waals surface area (Å²) in [4.78, 5) is 30.6. The van der Waals surface area contributed by atoms with E-state index in [9.17, 15) is 20.0 Å². The first-order valence-electron chi connectivity index (χ1n) is 12.5. The van der Waals surface area contributed by atoms with Gasteiger partial charge >= 0.3 is 0 Å². The first kappa shape index (κ1) is 26.7. The van der Waals surface area contributed by atoms with Crippen molar-refractivity contribution in [2.45, 2.75) is 63.2 Å². The summed E-state index contributed by atoms with van der Waals surface area (Å²) in [6, 6.07) is 12.1. The zero-order valence-corrected chi connectivity index (χ0v) is 21.6. The van der Waals surface area contributed by atoms with Crippen LogP contribution >= 0.6 is 0 Å². The van der Waals surface area contributed by atoms with Crippen LogP contribution in [0.2, 0.25) is 0 Å². The summed E-state index contributed by atoms with van der Waals surface area (Å²) < 4.78 is 11.7. The fourth-order valence-corrected chi connectivity index (χ4v) is 5.38. The van der Waals surface area contributed by atoms with E-state index in [4.69, 9.17) is 19.9 Å². The highest BCUT2D eigenvalue weighted by molar-refractivity contribution is 5.91. The molecule has 3 fully saturated rings. The average Bonchev–Trinajstić information content (AvgIpc) is 3.79. The van der Waals surface area contributed by atoms with Crippen molar-refractivity contribution in [1.82, 2.24) is 9.80 Å². The second-order valence-corrected chi connectivity index (χ2v) is 10.7. The predicted molar refractivity (Wildman–Crippen MR) is 131 cm³/mol. The molecule has 0 bridgehead atoms. The van der Waals surface area contributed by atoms with Gasteiger partial charge in [0.25, 0.3) is 11.8 Å². The SMILES string of the molecule is CC1CN(C(=O)C2(C)OC2c2ccc([NH+]([O-])O)cc2)C(C)CN1C(=O)C1(C)OC1c1ccc([NH+]([O-])O)cc1. The number of epoxide rings is 2. The number of carbonyl (C=O) groups is 2. The normalized spacial score (nSPS) is 34.0. The number of quaternary nitrogens is 2. The number of amides is 2. The van der Waals surface area contributed by atoms with Gasteiger partial charge in [-0.3, -0.25) is 9.59 Å². The topological polar surface area (TPSA) is 161 Å². The molecule has 4 N–H and O–H groups in total. The van der Waals surface area contributed by atoms with Crippen LogP contribution in [0.25, 0.3) is 0 Å². The van der Waals surface area contributed by atoms with E-state index in [0.717, 1.165) is 11.1 Å². The van der Waals surface area contributed by atoms with Gasteiger partial charge in [-0.1, -0.05) is 24.3 Å². The number of carbonyl (C=O) groups excluding carboxylic acids is 2. The van der Waals surface area contributed by atoms with Gasteiger partial charge in [-0.15, -0.1) is 0 Å². The Morgan fingerprint density at radius 1 is 0.763 bits per heavy atom. The molecule has 3 saturated heterocycles. The van der Waals surface area contributed by atoms with Gasteiger partial charge in [0.1, 0.15) is 12.2 Å². The average molecular weight is 529 g/mol. The maximum absolute atomic E-state index is 13.5. The monoisotopic (exact) mass is 528 g/mol. The summed E-state index contributed by atoms with van der Waals surface area (Å²) in [7, 11) is 0. The molecule has 8 atom stereocenters. The number of ether oxygens (including phenoxy) is 2. The first-order chi connectivity index (χ1) is 17.9. The number of nitrogens with zero attached hydrogens (tertiary/aromatic N) is 2. The third kappa shape index (κ3) is 4.48. The molecule has 2 aromatic rings. The van der Waals surface area contributed by atoms with Crippen molar-refractivity contribution in [3.8, 4) is 0 Å². The van der Waals surface area contributed by atoms with Crippen LogP contribution in [-0.2, 0) is 19.1 Å². The molecule has 12 heteroatoms. The number of hydrogen-bond acceptors (Lipinski definition) is 8. The van der Waals surface area contributed by atoms with Gasteiger partial charge in [0.15, 0.2) is 22.6 Å². The van der Waals surface area contributed by atoms with E-state index in [0.29, 0.717) is 13.1 Å². The van der Waals surface area contributed by atoms with Gasteiger partial charge in [-0.25, -0.2) is 10.4 Å². The van der Waals surface area contributed by atoms with Crippen molar-refractivity contribution in [1.29, 1.82) is 0 Å². The third-order valence-corrected chi connectivity index (χ3v) is 7.89. The highest BCUT2D eigenvalue weighted by Gasteiger charge is 2.63. The van der Waals surface area contributed by atoms with Crippen molar-refractivity contribution >= 4 is 23.2 Å². The molecule has 0 spiro atoms. The van der Waals surface area contributed by atoms with E-state index < -0.39 is 33.9 Å². The maximum Gasteiger partial charge on any atom is 0.258 e. The summed E-state index contributed by atoms with van der Waals surface area (Å²) >= 11 is 0. The Bertz CT molecular complexity index is 1130. The molecule has 0 aliphatic carbocycles. The van der Waals surface area contributed by atoms with E-state index in [1.165, 1.54) is 24.3 Å². The Kier molecular flexibility index (Phi) is 6.57. The first-order valence-corrected chi connectivity index (χ1v) is 12.5. The predicted octanol–water partition coefficient (Wildman–Crippen LogP) is 0.301. The Hall–Kier alpha value is -2.94. The summed E-state index contributed by atoms with van der Waals surface area (Å²) in [5.74, 6) is -0.330. The summed E-state index contributed by atoms with van der Waals surface area (Å²) in [5, 5.41) is 38.4. The van der Waals surface area contributed by atoms with Crippen molar-refractivity contribution in [3.63, 3.8) is 0 Å². The van der Waals surface area contributed by atoms with E-state index in [1.54, 1.807) is 47.9 Å². The standard InChI is InChI=1S/C26H32N4O8/c1-15-13-28(24(32)26(4)22(38-26)18-7-11-20(12-8-18)30(35)36)16(2)14-27(15)23(31)25(3)21(37-25)17-5-9-19(10-6-17)29(33)34/h5-12,15-16,21-22,29-30,33,35H,13-14H2,1-4H3. The molecule has 3 aliphatic rings. The van der Waals surface area contributed by atoms with Gasteiger partial charge in [0.05, 0.1) is 0 Å². The maximum atomic E-state index is 13.5. The second-order valence-electron chi connectivity index (χ2n) is 10.7. The molecule has 38 heavy (non-hydrogen) atoms. The minimum absolute atomic E-state index is 0.165. The van der Waals surface area contributed by atoms with Crippen molar-refractivity contribution in [2.24, 2.45) is 0 Å². The number of piperazine rings is 1. The quantitative estimate of drug-likeness (QED) is 0.308. The molecule has 0 saturated carbocycles. The van der Waals surface area contributed by atoms with Crippen LogP contribution in [0.5, 0.6) is 0 Å². The van der Waals surface area contributed by atoms with Crippen molar-refractivity contribution in [3.05, 3.63) is 70.1 Å². The third-order valence-electron chi connectivity index (χ3n) is 7.89. The minimum atomic E-state index is -1.05. The second kappa shape index (κ2) is 9.36. The smallest absolute Gasteiger partial charge is 0.258 e. The lowest BCUT2D eigenvalue weighted by molar-refractivity contribution is -0.991. The van der Waals surface area contributed by atoms with Crippen LogP contribution in [0.1, 0.15) is 51.0 Å². The summed E-state index contributed by atoms with van der Waals surface area (Å²) in [6.45, 7) is 7.93. The molecule has 0 aromatic heterocycles. The Balaban J connectivity index is 1.23. The van der Waals surface area contributed by atoms with E-state index in [2.05, 4.69) is 0 Å². The van der Waals surface area contributed by atoms with Crippen LogP contribution in [-0.4, -0.2) is 68.4 Å². The van der Waals surface area contributed by atoms with Crippen LogP contribution in [0.15, 0.2) is 48.5 Å². The van der Waals surface area contributed by atoms with E-state index in [-0.39, 0.29) is 35.3 Å². The minimum Gasteiger partial charge on any atom is -0.595 e. The van der Waals surface area contributed by atoms with Gasteiger partial charge in [-0.2, -0.15) is 10.5 Å². The van der Waals surface area contributed by atoms with Gasteiger partial charge in [0.2, 0.25) is 0 Å². The largest absolute Gasteiger partial charge is 0.595 e. The molecule has 2 amide bonds. The molecule has 5 rings (SSSR count). The number of benzene rings is 2. The number of hydrogen-bond donors (Lipinski definition) is 4. The molecule has 3 heterocycles. The van der Waals surface area contributed by atoms with E-state index >= 15 is 0 Å². The zero-order valence-electron chi connectivity index (χ0n) is 21.6. The number of rotatable bonds is 6. The fourth-order valence-electron chi connectivity index (χ4n) is 5.38. The summed E-state index contributed by atoms with van der Waals surface area (Å²) in [6.07, 6.45) is -0.931. The van der Waals surface area contributed by atoms with Gasteiger partial charge in [0, 0.05) is 49.4 Å². The van der Waals surface area contributed by atoms with Gasteiger partial charge < -0.3 is 29.7 Å². The zero-order chi connectivity index (χ0) is 27.6. The molecule has 8 unspecified atom stereocenters. The molecular weight excluding hydrogens is 496 g/mol. The van der Waals surface area contributed by atoms with Crippen LogP contribution < -0.4 is 10.5 Å². The van der Waals surface area contributed by atoms with Crippen molar-refractivity contribution in [2.75, 3.05) is 13.1 Å². The fraction of sp³-hybridized carbons (Fsp3) is 0.462. The molecule has 2 aromatic carbocycles. The molecule has 12 nitrogen and oxygen atoms in total. The van der Waals surface area contributed by atoms with Crippen LogP contribution in [0, 0.1) is 10.4 Å². The van der Waals surface area contributed by atoms with Crippen molar-refractivity contribution < 1.29 is 39.9 Å². The van der Waals surface area contributed by atoms with Crippen LogP contribution in [0.4, 0.5) is 11.4 Å². The summed E-state index contributed by atoms with van der Waals surface area (Å²) in [5.41, 5.74) is -0.298. The van der Waals surface area contributed by atoms with E-state index in [1.807, 2.05) is 13.8 Å². The highest BCUT2D eigenvalue weighted by Crippen LogP contribution is 2.52. The Labute approximate surface area is 219 Å². The highest BCUT2D eigenvalue weighted by atomic mass is 16.8. The molecule has 204 valence electrons. The molecule has 0 radical (unpaired) electrons. The molecular formula is C26H32N4O8. The lowest BCUT2D eigenvalue weighted by Gasteiger charge is -2.45. The van der Waals surface area contributed by atoms with Crippen LogP contribution in [0.3, 0.4) is 0 Å². The lowest BCUT2D eigenvalue weighted by Crippen LogP contribution is -2.99. The number of nitrogens with one attached hydrogen (secondary N) is 2. The molecule has 3 aliphatic heterocycles. The Morgan fingerprint density at radius 3 is 1.37 bits per heavy atom.